The number of carboxylic acids is 1. The Bertz CT molecular complexity index is 603. The molecule has 2 rings (SSSR count). The third kappa shape index (κ3) is 4.28. The summed E-state index contributed by atoms with van der Waals surface area (Å²) in [4.78, 5) is 11.3. The highest BCUT2D eigenvalue weighted by Gasteiger charge is 2.39. The summed E-state index contributed by atoms with van der Waals surface area (Å²) in [6.45, 7) is 4.19. The van der Waals surface area contributed by atoms with Gasteiger partial charge in [0.25, 0.3) is 0 Å². The fourth-order valence-electron chi connectivity index (χ4n) is 2.29. The van der Waals surface area contributed by atoms with Crippen LogP contribution in [0, 0.1) is 11.8 Å². The van der Waals surface area contributed by atoms with Crippen molar-refractivity contribution in [1.29, 1.82) is 0 Å². The van der Waals surface area contributed by atoms with Crippen molar-refractivity contribution in [3.63, 3.8) is 0 Å². The molecule has 0 bridgehead atoms. The molecule has 1 aliphatic rings. The topological polar surface area (TPSA) is 83.5 Å². The van der Waals surface area contributed by atoms with Gasteiger partial charge in [0.2, 0.25) is 10.0 Å². The lowest BCUT2D eigenvalue weighted by Gasteiger charge is -2.14. The standard InChI is InChI=1S/C15H21NO4S/c1-10(2)9-11-3-7-13(8-4-11)21(19,20)16-14(15(17)18)12-5-6-12/h3-4,7-8,10,12,14,16H,5-6,9H2,1-2H3,(H,17,18). The molecule has 21 heavy (non-hydrogen) atoms. The van der Waals surface area contributed by atoms with E-state index in [1.165, 1.54) is 12.1 Å². The van der Waals surface area contributed by atoms with Gasteiger partial charge in [0, 0.05) is 0 Å². The summed E-state index contributed by atoms with van der Waals surface area (Å²) in [6, 6.07) is 5.60. The van der Waals surface area contributed by atoms with E-state index in [-0.39, 0.29) is 10.8 Å². The summed E-state index contributed by atoms with van der Waals surface area (Å²) >= 11 is 0. The van der Waals surface area contributed by atoms with Crippen molar-refractivity contribution in [2.45, 2.75) is 44.0 Å². The second kappa shape index (κ2) is 6.15. The molecule has 6 heteroatoms. The Kier molecular flexibility index (Phi) is 4.68. The first-order chi connectivity index (χ1) is 9.79. The number of rotatable bonds is 7. The van der Waals surface area contributed by atoms with E-state index >= 15 is 0 Å². The third-order valence-corrected chi connectivity index (χ3v) is 4.98. The first-order valence-electron chi connectivity index (χ1n) is 7.13. The zero-order valence-electron chi connectivity index (χ0n) is 12.2. The van der Waals surface area contributed by atoms with Crippen LogP contribution in [0.15, 0.2) is 29.2 Å². The average molecular weight is 311 g/mol. The van der Waals surface area contributed by atoms with Crippen LogP contribution < -0.4 is 4.72 Å². The summed E-state index contributed by atoms with van der Waals surface area (Å²) in [7, 11) is -3.79. The molecule has 0 aromatic heterocycles. The summed E-state index contributed by atoms with van der Waals surface area (Å²) in [6.07, 6.45) is 2.40. The maximum absolute atomic E-state index is 12.2. The molecule has 1 aliphatic carbocycles. The first kappa shape index (κ1) is 16.0. The summed E-state index contributed by atoms with van der Waals surface area (Å²) in [5.74, 6) is -0.702. The SMILES string of the molecule is CC(C)Cc1ccc(S(=O)(=O)NC(C(=O)O)C2CC2)cc1. The quantitative estimate of drug-likeness (QED) is 0.807. The normalized spacial score (nSPS) is 16.9. The van der Waals surface area contributed by atoms with E-state index in [1.807, 2.05) is 0 Å². The minimum absolute atomic E-state index is 0.0857. The largest absolute Gasteiger partial charge is 0.480 e. The van der Waals surface area contributed by atoms with E-state index in [0.29, 0.717) is 5.92 Å². The molecule has 2 N–H and O–H groups in total. The van der Waals surface area contributed by atoms with Crippen LogP contribution in [0.4, 0.5) is 0 Å². The van der Waals surface area contributed by atoms with Crippen molar-refractivity contribution in [2.24, 2.45) is 11.8 Å². The molecule has 0 aliphatic heterocycles. The van der Waals surface area contributed by atoms with Crippen LogP contribution in [0.25, 0.3) is 0 Å². The highest BCUT2D eigenvalue weighted by Crippen LogP contribution is 2.33. The predicted molar refractivity (Wildman–Crippen MR) is 79.5 cm³/mol. The fourth-order valence-corrected chi connectivity index (χ4v) is 3.55. The van der Waals surface area contributed by atoms with Crippen LogP contribution in [0.5, 0.6) is 0 Å². The predicted octanol–water partition coefficient (Wildman–Crippen LogP) is 2.03. The second-order valence-electron chi connectivity index (χ2n) is 6.02. The number of carbonyl (C=O) groups is 1. The van der Waals surface area contributed by atoms with E-state index in [4.69, 9.17) is 5.11 Å². The second-order valence-corrected chi connectivity index (χ2v) is 7.73. The zero-order valence-corrected chi connectivity index (χ0v) is 13.1. The average Bonchev–Trinajstić information content (AvgIpc) is 3.20. The van der Waals surface area contributed by atoms with E-state index < -0.39 is 22.0 Å². The van der Waals surface area contributed by atoms with Gasteiger partial charge < -0.3 is 5.11 Å². The number of hydrogen-bond donors (Lipinski definition) is 2. The van der Waals surface area contributed by atoms with Crippen molar-refractivity contribution < 1.29 is 18.3 Å². The molecule has 0 saturated heterocycles. The van der Waals surface area contributed by atoms with Gasteiger partial charge in [0.1, 0.15) is 6.04 Å². The summed E-state index contributed by atoms with van der Waals surface area (Å²) in [5, 5.41) is 9.11. The fraction of sp³-hybridized carbons (Fsp3) is 0.533. The van der Waals surface area contributed by atoms with Crippen molar-refractivity contribution >= 4 is 16.0 Å². The van der Waals surface area contributed by atoms with E-state index in [0.717, 1.165) is 24.8 Å². The van der Waals surface area contributed by atoms with Gasteiger partial charge in [-0.3, -0.25) is 4.79 Å². The van der Waals surface area contributed by atoms with Crippen molar-refractivity contribution in [3.8, 4) is 0 Å². The maximum atomic E-state index is 12.2. The number of sulfonamides is 1. The van der Waals surface area contributed by atoms with Crippen LogP contribution in [-0.4, -0.2) is 25.5 Å². The summed E-state index contributed by atoms with van der Waals surface area (Å²) < 4.78 is 26.8. The highest BCUT2D eigenvalue weighted by molar-refractivity contribution is 7.89. The van der Waals surface area contributed by atoms with Gasteiger partial charge in [0.15, 0.2) is 0 Å². The molecule has 0 radical (unpaired) electrons. The molecule has 0 amide bonds. The monoisotopic (exact) mass is 311 g/mol. The van der Waals surface area contributed by atoms with Gasteiger partial charge in [-0.1, -0.05) is 26.0 Å². The number of aliphatic carboxylic acids is 1. The molecular formula is C15H21NO4S. The van der Waals surface area contributed by atoms with Crippen LogP contribution in [0.2, 0.25) is 0 Å². The van der Waals surface area contributed by atoms with Crippen molar-refractivity contribution in [2.75, 3.05) is 0 Å². The van der Waals surface area contributed by atoms with Crippen LogP contribution >= 0.6 is 0 Å². The molecule has 0 spiro atoms. The number of benzene rings is 1. The first-order valence-corrected chi connectivity index (χ1v) is 8.62. The molecule has 0 heterocycles. The highest BCUT2D eigenvalue weighted by atomic mass is 32.2. The summed E-state index contributed by atoms with van der Waals surface area (Å²) in [5.41, 5.74) is 1.07. The van der Waals surface area contributed by atoms with Gasteiger partial charge in [-0.05, 0) is 48.8 Å². The lowest BCUT2D eigenvalue weighted by Crippen LogP contribution is -2.42. The lowest BCUT2D eigenvalue weighted by molar-refractivity contribution is -0.139. The van der Waals surface area contributed by atoms with Crippen molar-refractivity contribution in [1.82, 2.24) is 4.72 Å². The van der Waals surface area contributed by atoms with Crippen molar-refractivity contribution in [3.05, 3.63) is 29.8 Å². The molecule has 1 atom stereocenters. The van der Waals surface area contributed by atoms with Gasteiger partial charge in [-0.15, -0.1) is 0 Å². The van der Waals surface area contributed by atoms with Crippen LogP contribution in [-0.2, 0) is 21.2 Å². The Morgan fingerprint density at radius 1 is 1.29 bits per heavy atom. The zero-order chi connectivity index (χ0) is 15.6. The molecule has 5 nitrogen and oxygen atoms in total. The Hall–Kier alpha value is -1.40. The molecule has 1 unspecified atom stereocenters. The smallest absolute Gasteiger partial charge is 0.322 e. The van der Waals surface area contributed by atoms with E-state index in [9.17, 15) is 13.2 Å². The Balaban J connectivity index is 2.13. The maximum Gasteiger partial charge on any atom is 0.322 e. The third-order valence-electron chi connectivity index (χ3n) is 3.52. The van der Waals surface area contributed by atoms with Crippen LogP contribution in [0.1, 0.15) is 32.3 Å². The van der Waals surface area contributed by atoms with Gasteiger partial charge in [-0.2, -0.15) is 4.72 Å². The Labute approximate surface area is 125 Å². The Morgan fingerprint density at radius 2 is 1.86 bits per heavy atom. The molecule has 1 saturated carbocycles. The molecule has 116 valence electrons. The molecule has 1 aromatic carbocycles. The number of carboxylic acid groups (broad SMARTS) is 1. The lowest BCUT2D eigenvalue weighted by atomic mass is 10.0. The Morgan fingerprint density at radius 3 is 2.29 bits per heavy atom. The van der Waals surface area contributed by atoms with Crippen LogP contribution in [0.3, 0.4) is 0 Å². The molecule has 1 aromatic rings. The minimum atomic E-state index is -3.79. The van der Waals surface area contributed by atoms with Gasteiger partial charge in [0.05, 0.1) is 4.90 Å². The van der Waals surface area contributed by atoms with E-state index in [1.54, 1.807) is 12.1 Å². The molecular weight excluding hydrogens is 290 g/mol. The number of nitrogens with one attached hydrogen (secondary N) is 1. The van der Waals surface area contributed by atoms with E-state index in [2.05, 4.69) is 18.6 Å². The van der Waals surface area contributed by atoms with Gasteiger partial charge >= 0.3 is 5.97 Å². The molecule has 1 fully saturated rings. The minimum Gasteiger partial charge on any atom is -0.480 e. The van der Waals surface area contributed by atoms with Gasteiger partial charge in [-0.25, -0.2) is 8.42 Å². The number of hydrogen-bond acceptors (Lipinski definition) is 3.